The van der Waals surface area contributed by atoms with Crippen molar-refractivity contribution in [3.8, 4) is 0 Å². The lowest BCUT2D eigenvalue weighted by molar-refractivity contribution is -0.137. The van der Waals surface area contributed by atoms with Crippen LogP contribution in [-0.4, -0.2) is 11.9 Å². The fraction of sp³-hybridized carbons (Fsp3) is 0.364. The first-order chi connectivity index (χ1) is 7.88. The zero-order valence-corrected chi connectivity index (χ0v) is 10.8. The molecule has 0 aliphatic heterocycles. The van der Waals surface area contributed by atoms with E-state index in [4.69, 9.17) is 0 Å². The van der Waals surface area contributed by atoms with E-state index in [1.54, 1.807) is 0 Å². The van der Waals surface area contributed by atoms with E-state index in [2.05, 4.69) is 5.32 Å². The van der Waals surface area contributed by atoms with Crippen molar-refractivity contribution in [3.63, 3.8) is 0 Å². The number of halogens is 4. The van der Waals surface area contributed by atoms with Gasteiger partial charge in [0, 0.05) is 9.61 Å². The second-order valence-electron chi connectivity index (χ2n) is 3.94. The Morgan fingerprint density at radius 1 is 1.35 bits per heavy atom. The van der Waals surface area contributed by atoms with Crippen LogP contribution in [0.5, 0.6) is 0 Å². The molecule has 17 heavy (non-hydrogen) atoms. The van der Waals surface area contributed by atoms with Crippen molar-refractivity contribution in [3.05, 3.63) is 32.9 Å². The summed E-state index contributed by atoms with van der Waals surface area (Å²) >= 11 is 1.86. The van der Waals surface area contributed by atoms with Crippen molar-refractivity contribution in [2.45, 2.75) is 25.1 Å². The van der Waals surface area contributed by atoms with Gasteiger partial charge in [0.25, 0.3) is 5.91 Å². The van der Waals surface area contributed by atoms with Crippen molar-refractivity contribution in [2.75, 3.05) is 0 Å². The molecule has 0 spiro atoms. The van der Waals surface area contributed by atoms with E-state index in [-0.39, 0.29) is 11.6 Å². The topological polar surface area (TPSA) is 29.1 Å². The number of hydrogen-bond acceptors (Lipinski definition) is 1. The van der Waals surface area contributed by atoms with Crippen LogP contribution < -0.4 is 5.32 Å². The summed E-state index contributed by atoms with van der Waals surface area (Å²) in [5.41, 5.74) is -0.703. The number of amides is 1. The maximum absolute atomic E-state index is 12.5. The lowest BCUT2D eigenvalue weighted by atomic mass is 10.1. The van der Waals surface area contributed by atoms with Crippen molar-refractivity contribution < 1.29 is 18.0 Å². The third-order valence-corrected chi connectivity index (χ3v) is 3.39. The maximum Gasteiger partial charge on any atom is 0.416 e. The molecule has 0 heterocycles. The highest BCUT2D eigenvalue weighted by Crippen LogP contribution is 2.31. The molecule has 0 bridgehead atoms. The minimum atomic E-state index is -4.42. The van der Waals surface area contributed by atoms with Crippen molar-refractivity contribution >= 4 is 28.5 Å². The van der Waals surface area contributed by atoms with Crippen LogP contribution in [0.15, 0.2) is 18.2 Å². The van der Waals surface area contributed by atoms with Crippen molar-refractivity contribution in [2.24, 2.45) is 0 Å². The lowest BCUT2D eigenvalue weighted by Crippen LogP contribution is -2.26. The number of nitrogens with one attached hydrogen (secondary N) is 1. The van der Waals surface area contributed by atoms with Crippen molar-refractivity contribution in [1.82, 2.24) is 5.32 Å². The van der Waals surface area contributed by atoms with Gasteiger partial charge in [-0.25, -0.2) is 0 Å². The number of hydrogen-bond donors (Lipinski definition) is 1. The largest absolute Gasteiger partial charge is 0.416 e. The van der Waals surface area contributed by atoms with Gasteiger partial charge in [-0.1, -0.05) is 0 Å². The van der Waals surface area contributed by atoms with Crippen LogP contribution in [0, 0.1) is 3.57 Å². The van der Waals surface area contributed by atoms with Gasteiger partial charge in [0.1, 0.15) is 0 Å². The van der Waals surface area contributed by atoms with Gasteiger partial charge < -0.3 is 5.32 Å². The van der Waals surface area contributed by atoms with E-state index in [1.165, 1.54) is 6.07 Å². The molecule has 1 saturated carbocycles. The molecule has 92 valence electrons. The van der Waals surface area contributed by atoms with E-state index in [1.807, 2.05) is 22.6 Å². The summed E-state index contributed by atoms with van der Waals surface area (Å²) in [7, 11) is 0. The summed E-state index contributed by atoms with van der Waals surface area (Å²) in [6, 6.07) is 3.33. The normalized spacial score (nSPS) is 15.8. The number of alkyl halides is 3. The van der Waals surface area contributed by atoms with Crippen molar-refractivity contribution in [1.29, 1.82) is 0 Å². The minimum Gasteiger partial charge on any atom is -0.349 e. The SMILES string of the molecule is O=C(NC1CC1)c1cc(C(F)(F)F)ccc1I. The summed E-state index contributed by atoms with van der Waals surface area (Å²) in [5.74, 6) is -0.428. The molecule has 1 amide bonds. The summed E-state index contributed by atoms with van der Waals surface area (Å²) in [4.78, 5) is 11.7. The van der Waals surface area contributed by atoms with Crippen LogP contribution in [0.2, 0.25) is 0 Å². The van der Waals surface area contributed by atoms with Crippen LogP contribution in [-0.2, 0) is 6.18 Å². The second-order valence-corrected chi connectivity index (χ2v) is 5.10. The minimum absolute atomic E-state index is 0.0901. The molecule has 1 fully saturated rings. The Labute approximate surface area is 110 Å². The second kappa shape index (κ2) is 4.47. The zero-order chi connectivity index (χ0) is 12.6. The predicted molar refractivity (Wildman–Crippen MR) is 64.6 cm³/mol. The fourth-order valence-electron chi connectivity index (χ4n) is 1.37. The highest BCUT2D eigenvalue weighted by Gasteiger charge is 2.32. The monoisotopic (exact) mass is 355 g/mol. The first-order valence-electron chi connectivity index (χ1n) is 5.05. The summed E-state index contributed by atoms with van der Waals surface area (Å²) in [5, 5.41) is 2.68. The summed E-state index contributed by atoms with van der Waals surface area (Å²) in [6.07, 6.45) is -2.61. The summed E-state index contributed by atoms with van der Waals surface area (Å²) in [6.45, 7) is 0. The van der Waals surface area contributed by atoms with Gasteiger partial charge in [-0.3, -0.25) is 4.79 Å². The van der Waals surface area contributed by atoms with Gasteiger partial charge in [0.2, 0.25) is 0 Å². The standard InChI is InChI=1S/C11H9F3INO/c12-11(13,14)6-1-4-9(15)8(5-6)10(17)16-7-2-3-7/h1,4-5,7H,2-3H2,(H,16,17). The van der Waals surface area contributed by atoms with E-state index in [0.29, 0.717) is 3.57 Å². The van der Waals surface area contributed by atoms with Crippen LogP contribution in [0.4, 0.5) is 13.2 Å². The predicted octanol–water partition coefficient (Wildman–Crippen LogP) is 3.20. The molecule has 0 aromatic heterocycles. The number of carbonyl (C=O) groups excluding carboxylic acids is 1. The molecule has 1 aromatic rings. The van der Waals surface area contributed by atoms with E-state index >= 15 is 0 Å². The smallest absolute Gasteiger partial charge is 0.349 e. The lowest BCUT2D eigenvalue weighted by Gasteiger charge is -2.10. The molecular formula is C11H9F3INO. The van der Waals surface area contributed by atoms with Crippen LogP contribution >= 0.6 is 22.6 Å². The van der Waals surface area contributed by atoms with Crippen LogP contribution in [0.1, 0.15) is 28.8 Å². The Morgan fingerprint density at radius 3 is 2.53 bits per heavy atom. The number of benzene rings is 1. The quantitative estimate of drug-likeness (QED) is 0.812. The zero-order valence-electron chi connectivity index (χ0n) is 8.64. The molecular weight excluding hydrogens is 346 g/mol. The maximum atomic E-state index is 12.5. The summed E-state index contributed by atoms with van der Waals surface area (Å²) < 4.78 is 38.0. The van der Waals surface area contributed by atoms with Gasteiger partial charge in [0.15, 0.2) is 0 Å². The van der Waals surface area contributed by atoms with Crippen LogP contribution in [0.25, 0.3) is 0 Å². The Morgan fingerprint density at radius 2 is 2.00 bits per heavy atom. The van der Waals surface area contributed by atoms with Gasteiger partial charge in [0.05, 0.1) is 11.1 Å². The molecule has 2 nitrogen and oxygen atoms in total. The Balaban J connectivity index is 2.28. The molecule has 0 saturated heterocycles. The van der Waals surface area contributed by atoms with Gasteiger partial charge >= 0.3 is 6.18 Å². The first-order valence-corrected chi connectivity index (χ1v) is 6.13. The molecule has 0 atom stereocenters. The van der Waals surface area contributed by atoms with E-state index < -0.39 is 17.6 Å². The molecule has 6 heteroatoms. The highest BCUT2D eigenvalue weighted by molar-refractivity contribution is 14.1. The third kappa shape index (κ3) is 3.11. The average Bonchev–Trinajstić information content (AvgIpc) is 3.00. The number of rotatable bonds is 2. The number of carbonyl (C=O) groups is 1. The van der Waals surface area contributed by atoms with Gasteiger partial charge in [-0.2, -0.15) is 13.2 Å². The van der Waals surface area contributed by atoms with Gasteiger partial charge in [-0.15, -0.1) is 0 Å². The fourth-order valence-corrected chi connectivity index (χ4v) is 1.95. The third-order valence-electron chi connectivity index (χ3n) is 2.45. The van der Waals surface area contributed by atoms with E-state index in [0.717, 1.165) is 25.0 Å². The Hall–Kier alpha value is -0.790. The molecule has 0 radical (unpaired) electrons. The average molecular weight is 355 g/mol. The highest BCUT2D eigenvalue weighted by atomic mass is 127. The van der Waals surface area contributed by atoms with Crippen LogP contribution in [0.3, 0.4) is 0 Å². The molecule has 1 aliphatic rings. The molecule has 1 aromatic carbocycles. The first kappa shape index (κ1) is 12.7. The molecule has 1 aliphatic carbocycles. The molecule has 0 unspecified atom stereocenters. The van der Waals surface area contributed by atoms with E-state index in [9.17, 15) is 18.0 Å². The Kier molecular flexibility index (Phi) is 3.33. The Bertz CT molecular complexity index is 455. The molecule has 2 rings (SSSR count). The van der Waals surface area contributed by atoms with Gasteiger partial charge in [-0.05, 0) is 53.6 Å². The molecule has 1 N–H and O–H groups in total.